The molecule has 68 valence electrons. The van der Waals surface area contributed by atoms with Crippen LogP contribution in [0.2, 0.25) is 0 Å². The molecule has 0 aliphatic carbocycles. The molecule has 11 heavy (non-hydrogen) atoms. The Morgan fingerprint density at radius 2 is 1.27 bits per heavy atom. The van der Waals surface area contributed by atoms with E-state index in [9.17, 15) is 0 Å². The van der Waals surface area contributed by atoms with E-state index in [2.05, 4.69) is 13.2 Å². The molecule has 0 spiro atoms. The maximum atomic E-state index is 6.39. The topological polar surface area (TPSA) is 23.9 Å². The van der Waals surface area contributed by atoms with Gasteiger partial charge in [0.2, 0.25) is 0 Å². The molecule has 1 nitrogen and oxygen atoms in total. The summed E-state index contributed by atoms with van der Waals surface area (Å²) in [6.07, 6.45) is 4.73. The van der Waals surface area contributed by atoms with Gasteiger partial charge in [-0.15, -0.1) is 13.2 Å². The quantitative estimate of drug-likeness (QED) is 0.438. The van der Waals surface area contributed by atoms with Gasteiger partial charge in [0.1, 0.15) is 0 Å². The zero-order valence-electron chi connectivity index (χ0n) is 8.65. The third kappa shape index (κ3) is 354. The molecule has 0 aromatic heterocycles. The van der Waals surface area contributed by atoms with Gasteiger partial charge in [-0.05, 0) is 13.0 Å². The van der Waals surface area contributed by atoms with Crippen molar-refractivity contribution >= 4 is 6.21 Å². The molecule has 0 unspecified atom stereocenters. The lowest BCUT2D eigenvalue weighted by Crippen LogP contribution is -1.48. The monoisotopic (exact) mass is 157 g/mol. The van der Waals surface area contributed by atoms with E-state index in [1.807, 2.05) is 40.7 Å². The Labute approximate surface area is 72.3 Å². The largest absolute Gasteiger partial charge is 0.309 e. The highest BCUT2D eigenvalue weighted by atomic mass is 14.3. The Kier molecular flexibility index (Phi) is 269. The van der Waals surface area contributed by atoms with Crippen molar-refractivity contribution < 1.29 is 0 Å². The Morgan fingerprint density at radius 1 is 1.00 bits per heavy atom. The van der Waals surface area contributed by atoms with Crippen molar-refractivity contribution in [3.8, 4) is 0 Å². The SMILES string of the molecule is C/C=C\C=N.C=C.CC.CC. The summed E-state index contributed by atoms with van der Waals surface area (Å²) in [5.41, 5.74) is 0. The van der Waals surface area contributed by atoms with E-state index in [4.69, 9.17) is 5.41 Å². The Bertz CT molecular complexity index is 55.9. The molecule has 0 fully saturated rings. The predicted octanol–water partition coefficient (Wildman–Crippen LogP) is 4.07. The second-order valence-electron chi connectivity index (χ2n) is 0.692. The zero-order valence-corrected chi connectivity index (χ0v) is 8.65. The predicted molar refractivity (Wildman–Crippen MR) is 57.5 cm³/mol. The molecule has 0 aromatic rings. The van der Waals surface area contributed by atoms with Crippen LogP contribution in [0.5, 0.6) is 0 Å². The molecule has 1 heteroatoms. The van der Waals surface area contributed by atoms with Gasteiger partial charge in [0.25, 0.3) is 0 Å². The van der Waals surface area contributed by atoms with E-state index in [1.165, 1.54) is 6.21 Å². The van der Waals surface area contributed by atoms with E-state index in [0.29, 0.717) is 0 Å². The summed E-state index contributed by atoms with van der Waals surface area (Å²) >= 11 is 0. The van der Waals surface area contributed by atoms with Crippen LogP contribution in [0.25, 0.3) is 0 Å². The minimum atomic E-state index is 1.25. The fourth-order valence-electron chi connectivity index (χ4n) is 0.0962. The second-order valence-corrected chi connectivity index (χ2v) is 0.692. The van der Waals surface area contributed by atoms with Crippen LogP contribution < -0.4 is 0 Å². The van der Waals surface area contributed by atoms with Gasteiger partial charge < -0.3 is 5.41 Å². The number of hydrogen-bond acceptors (Lipinski definition) is 1. The highest BCUT2D eigenvalue weighted by Gasteiger charge is 1.43. The molecule has 0 rings (SSSR count). The molecule has 0 aliphatic heterocycles. The molecule has 0 saturated heterocycles. The molecule has 1 N–H and O–H groups in total. The van der Waals surface area contributed by atoms with Crippen LogP contribution in [-0.4, -0.2) is 6.21 Å². The summed E-state index contributed by atoms with van der Waals surface area (Å²) in [7, 11) is 0. The molecular weight excluding hydrogens is 134 g/mol. The lowest BCUT2D eigenvalue weighted by molar-refractivity contribution is 1.50. The summed E-state index contributed by atoms with van der Waals surface area (Å²) in [5.74, 6) is 0. The van der Waals surface area contributed by atoms with Crippen molar-refractivity contribution in [1.82, 2.24) is 0 Å². The van der Waals surface area contributed by atoms with E-state index in [-0.39, 0.29) is 0 Å². The van der Waals surface area contributed by atoms with Crippen molar-refractivity contribution in [2.75, 3.05) is 0 Å². The van der Waals surface area contributed by atoms with Crippen LogP contribution in [-0.2, 0) is 0 Å². The van der Waals surface area contributed by atoms with E-state index < -0.39 is 0 Å². The standard InChI is InChI=1S/C4H7N.2C2H6.C2H4/c1-2-3-4-5;3*1-2/h2-5H,1H3;2*1-2H3;1-2H2/b3-2-,5-4?;;;. The lowest BCUT2D eigenvalue weighted by Gasteiger charge is -1.54. The Balaban J connectivity index is -0.0000000350. The summed E-state index contributed by atoms with van der Waals surface area (Å²) < 4.78 is 0. The highest BCUT2D eigenvalue weighted by molar-refractivity contribution is 5.67. The van der Waals surface area contributed by atoms with Crippen LogP contribution >= 0.6 is 0 Å². The zero-order chi connectivity index (χ0) is 10.1. The number of allylic oxidation sites excluding steroid dienone is 2. The van der Waals surface area contributed by atoms with Crippen LogP contribution in [0.3, 0.4) is 0 Å². The molecule has 0 radical (unpaired) electrons. The highest BCUT2D eigenvalue weighted by Crippen LogP contribution is 1.55. The van der Waals surface area contributed by atoms with Crippen molar-refractivity contribution in [3.05, 3.63) is 25.3 Å². The molecule has 0 heterocycles. The van der Waals surface area contributed by atoms with Gasteiger partial charge >= 0.3 is 0 Å². The van der Waals surface area contributed by atoms with Crippen molar-refractivity contribution in [2.45, 2.75) is 34.6 Å². The van der Waals surface area contributed by atoms with Crippen LogP contribution in [0.4, 0.5) is 0 Å². The Hall–Kier alpha value is -0.850. The number of nitrogens with one attached hydrogen (secondary N) is 1. The van der Waals surface area contributed by atoms with Gasteiger partial charge in [-0.3, -0.25) is 0 Å². The first-order chi connectivity index (χ1) is 5.41. The summed E-state index contributed by atoms with van der Waals surface area (Å²) in [6.45, 7) is 15.9. The van der Waals surface area contributed by atoms with E-state index in [0.717, 1.165) is 0 Å². The maximum Gasteiger partial charge on any atom is 0.0174 e. The Morgan fingerprint density at radius 3 is 1.27 bits per heavy atom. The first kappa shape index (κ1) is 22.5. The van der Waals surface area contributed by atoms with Gasteiger partial charge in [0.15, 0.2) is 0 Å². The molecule has 0 aromatic carbocycles. The van der Waals surface area contributed by atoms with Crippen molar-refractivity contribution in [3.63, 3.8) is 0 Å². The maximum absolute atomic E-state index is 6.39. The normalized spacial score (nSPS) is 5.55. The summed E-state index contributed by atoms with van der Waals surface area (Å²) in [6, 6.07) is 0. The summed E-state index contributed by atoms with van der Waals surface area (Å²) in [4.78, 5) is 0. The average Bonchev–Trinajstić information content (AvgIpc) is 2.16. The molecular formula is C10H23N. The number of hydrogen-bond donors (Lipinski definition) is 1. The third-order valence-electron chi connectivity index (χ3n) is 0.289. The minimum Gasteiger partial charge on any atom is -0.309 e. The van der Waals surface area contributed by atoms with E-state index >= 15 is 0 Å². The van der Waals surface area contributed by atoms with Gasteiger partial charge in [0.05, 0.1) is 0 Å². The first-order valence-corrected chi connectivity index (χ1v) is 4.03. The van der Waals surface area contributed by atoms with E-state index in [1.54, 1.807) is 6.08 Å². The van der Waals surface area contributed by atoms with Crippen LogP contribution in [0.1, 0.15) is 34.6 Å². The molecule has 0 saturated carbocycles. The minimum absolute atomic E-state index is 1.25. The second kappa shape index (κ2) is 131. The van der Waals surface area contributed by atoms with Crippen molar-refractivity contribution in [2.24, 2.45) is 0 Å². The molecule has 0 aliphatic rings. The fourth-order valence-corrected chi connectivity index (χ4v) is 0.0962. The van der Waals surface area contributed by atoms with Crippen LogP contribution in [0, 0.1) is 5.41 Å². The fraction of sp³-hybridized carbons (Fsp3) is 0.500. The first-order valence-electron chi connectivity index (χ1n) is 4.03. The lowest BCUT2D eigenvalue weighted by atomic mass is 10.6. The third-order valence-corrected chi connectivity index (χ3v) is 0.289. The van der Waals surface area contributed by atoms with Crippen molar-refractivity contribution in [1.29, 1.82) is 5.41 Å². The van der Waals surface area contributed by atoms with Gasteiger partial charge in [-0.2, -0.15) is 0 Å². The van der Waals surface area contributed by atoms with Crippen LogP contribution in [0.15, 0.2) is 25.3 Å². The molecule has 0 bridgehead atoms. The average molecular weight is 157 g/mol. The molecule has 0 amide bonds. The van der Waals surface area contributed by atoms with Gasteiger partial charge in [-0.25, -0.2) is 0 Å². The smallest absolute Gasteiger partial charge is 0.0174 e. The van der Waals surface area contributed by atoms with Gasteiger partial charge in [0, 0.05) is 6.21 Å². The molecule has 0 atom stereocenters. The number of rotatable bonds is 1. The summed E-state index contributed by atoms with van der Waals surface area (Å²) in [5, 5.41) is 6.39. The van der Waals surface area contributed by atoms with Gasteiger partial charge in [-0.1, -0.05) is 33.8 Å².